The number of nitrogens with zero attached hydrogens (tertiary/aromatic N) is 3. The highest BCUT2D eigenvalue weighted by Gasteiger charge is 2.17. The van der Waals surface area contributed by atoms with Crippen LogP contribution in [0.2, 0.25) is 0 Å². The summed E-state index contributed by atoms with van der Waals surface area (Å²) >= 11 is 0. The molecule has 1 aliphatic heterocycles. The van der Waals surface area contributed by atoms with Crippen molar-refractivity contribution in [3.8, 4) is 5.75 Å². The molecule has 5 heteroatoms. The van der Waals surface area contributed by atoms with Crippen LogP contribution in [0.5, 0.6) is 5.75 Å². The first kappa shape index (κ1) is 11.5. The van der Waals surface area contributed by atoms with E-state index < -0.39 is 0 Å². The Kier molecular flexibility index (Phi) is 3.15. The van der Waals surface area contributed by atoms with Gasteiger partial charge in [0.15, 0.2) is 5.65 Å². The molecule has 2 aromatic heterocycles. The van der Waals surface area contributed by atoms with Gasteiger partial charge in [-0.1, -0.05) is 0 Å². The fraction of sp³-hybridized carbons (Fsp3) is 0.538. The van der Waals surface area contributed by atoms with Gasteiger partial charge in [-0.05, 0) is 31.4 Å². The van der Waals surface area contributed by atoms with Crippen molar-refractivity contribution in [3.05, 3.63) is 24.2 Å². The number of pyridine rings is 1. The zero-order chi connectivity index (χ0) is 12.4. The van der Waals surface area contributed by atoms with Crippen molar-refractivity contribution < 1.29 is 9.47 Å². The molecule has 0 bridgehead atoms. The maximum absolute atomic E-state index is 5.74. The molecule has 0 aliphatic carbocycles. The van der Waals surface area contributed by atoms with Gasteiger partial charge in [0.25, 0.3) is 0 Å². The number of rotatable bonds is 3. The quantitative estimate of drug-likeness (QED) is 0.830. The van der Waals surface area contributed by atoms with E-state index in [0.29, 0.717) is 0 Å². The average molecular weight is 247 g/mol. The van der Waals surface area contributed by atoms with E-state index in [0.717, 1.165) is 36.7 Å². The lowest BCUT2D eigenvalue weighted by molar-refractivity contribution is 0.0155. The summed E-state index contributed by atoms with van der Waals surface area (Å²) in [7, 11) is 1.66. The van der Waals surface area contributed by atoms with Crippen LogP contribution in [0.25, 0.3) is 5.65 Å². The Labute approximate surface area is 106 Å². The lowest BCUT2D eigenvalue weighted by atomic mass is 10.1. The van der Waals surface area contributed by atoms with Gasteiger partial charge in [0.05, 0.1) is 19.4 Å². The van der Waals surface area contributed by atoms with E-state index in [1.807, 2.05) is 22.7 Å². The van der Waals surface area contributed by atoms with Crippen LogP contribution in [0.4, 0.5) is 0 Å². The van der Waals surface area contributed by atoms with Crippen LogP contribution in [0.3, 0.4) is 0 Å². The number of hydrogen-bond donors (Lipinski definition) is 0. The Bertz CT molecular complexity index is 532. The third-order valence-electron chi connectivity index (χ3n) is 3.37. The summed E-state index contributed by atoms with van der Waals surface area (Å²) in [5, 5.41) is 8.40. The number of aromatic nitrogens is 3. The van der Waals surface area contributed by atoms with E-state index in [9.17, 15) is 0 Å². The summed E-state index contributed by atoms with van der Waals surface area (Å²) in [4.78, 5) is 0. The van der Waals surface area contributed by atoms with Gasteiger partial charge >= 0.3 is 0 Å². The molecule has 1 fully saturated rings. The fourth-order valence-electron chi connectivity index (χ4n) is 2.35. The minimum absolute atomic E-state index is 0.275. The normalized spacial score (nSPS) is 20.2. The van der Waals surface area contributed by atoms with Crippen LogP contribution in [0, 0.1) is 0 Å². The van der Waals surface area contributed by atoms with E-state index in [4.69, 9.17) is 9.47 Å². The predicted molar refractivity (Wildman–Crippen MR) is 66.8 cm³/mol. The first-order valence-corrected chi connectivity index (χ1v) is 6.36. The maximum Gasteiger partial charge on any atom is 0.161 e. The second-order valence-corrected chi connectivity index (χ2v) is 4.61. The molecule has 0 radical (unpaired) electrons. The summed E-state index contributed by atoms with van der Waals surface area (Å²) in [6, 6.07) is 3.81. The Balaban J connectivity index is 1.86. The van der Waals surface area contributed by atoms with Crippen molar-refractivity contribution in [1.29, 1.82) is 0 Å². The van der Waals surface area contributed by atoms with Gasteiger partial charge in [0.1, 0.15) is 11.6 Å². The monoisotopic (exact) mass is 247 g/mol. The molecule has 1 saturated heterocycles. The van der Waals surface area contributed by atoms with E-state index >= 15 is 0 Å². The highest BCUT2D eigenvalue weighted by Crippen LogP contribution is 2.18. The lowest BCUT2D eigenvalue weighted by Crippen LogP contribution is -2.22. The average Bonchev–Trinajstić information content (AvgIpc) is 2.82. The molecular formula is C13H17N3O2. The first-order chi connectivity index (χ1) is 8.86. The van der Waals surface area contributed by atoms with Crippen LogP contribution >= 0.6 is 0 Å². The Morgan fingerprint density at radius 3 is 3.11 bits per heavy atom. The van der Waals surface area contributed by atoms with E-state index in [2.05, 4.69) is 10.2 Å². The van der Waals surface area contributed by atoms with Gasteiger partial charge in [-0.2, -0.15) is 0 Å². The number of fused-ring (bicyclic) bond motifs is 1. The predicted octanol–water partition coefficient (Wildman–Crippen LogP) is 1.85. The van der Waals surface area contributed by atoms with Crippen LogP contribution in [-0.2, 0) is 11.2 Å². The van der Waals surface area contributed by atoms with E-state index in [1.54, 1.807) is 7.11 Å². The molecule has 0 aromatic carbocycles. The molecule has 18 heavy (non-hydrogen) atoms. The Morgan fingerprint density at radius 2 is 2.33 bits per heavy atom. The summed E-state index contributed by atoms with van der Waals surface area (Å²) in [5.41, 5.74) is 0.849. The van der Waals surface area contributed by atoms with Crippen LogP contribution in [0.1, 0.15) is 25.1 Å². The van der Waals surface area contributed by atoms with E-state index in [-0.39, 0.29) is 6.10 Å². The van der Waals surface area contributed by atoms with Gasteiger partial charge in [-0.25, -0.2) is 0 Å². The molecule has 0 spiro atoms. The number of hydrogen-bond acceptors (Lipinski definition) is 4. The number of methoxy groups -OCH3 is 1. The molecular weight excluding hydrogens is 230 g/mol. The fourth-order valence-corrected chi connectivity index (χ4v) is 2.35. The molecule has 0 amide bonds. The number of ether oxygens (including phenoxy) is 2. The molecule has 0 saturated carbocycles. The van der Waals surface area contributed by atoms with Crippen molar-refractivity contribution in [2.24, 2.45) is 0 Å². The Morgan fingerprint density at radius 1 is 1.39 bits per heavy atom. The molecule has 0 N–H and O–H groups in total. The summed E-state index contributed by atoms with van der Waals surface area (Å²) < 4.78 is 13.0. The second-order valence-electron chi connectivity index (χ2n) is 4.61. The molecule has 1 aliphatic rings. The van der Waals surface area contributed by atoms with Crippen LogP contribution in [-0.4, -0.2) is 34.4 Å². The second kappa shape index (κ2) is 4.94. The topological polar surface area (TPSA) is 48.7 Å². The molecule has 5 nitrogen and oxygen atoms in total. The SMILES string of the molecule is COc1ccc2nnc(CC3CCCCO3)n2c1. The summed E-state index contributed by atoms with van der Waals surface area (Å²) in [5.74, 6) is 1.75. The third kappa shape index (κ3) is 2.18. The van der Waals surface area contributed by atoms with Crippen molar-refractivity contribution in [2.45, 2.75) is 31.8 Å². The van der Waals surface area contributed by atoms with Crippen LogP contribution < -0.4 is 4.74 Å². The molecule has 3 heterocycles. The first-order valence-electron chi connectivity index (χ1n) is 6.36. The van der Waals surface area contributed by atoms with Gasteiger partial charge in [0, 0.05) is 13.0 Å². The summed E-state index contributed by atoms with van der Waals surface area (Å²) in [6.07, 6.45) is 6.54. The smallest absolute Gasteiger partial charge is 0.161 e. The van der Waals surface area contributed by atoms with Gasteiger partial charge in [-0.15, -0.1) is 10.2 Å². The van der Waals surface area contributed by atoms with Crippen molar-refractivity contribution in [1.82, 2.24) is 14.6 Å². The minimum atomic E-state index is 0.275. The van der Waals surface area contributed by atoms with Gasteiger partial charge in [0.2, 0.25) is 0 Å². The molecule has 96 valence electrons. The zero-order valence-corrected chi connectivity index (χ0v) is 10.5. The Hall–Kier alpha value is -1.62. The zero-order valence-electron chi connectivity index (χ0n) is 10.5. The third-order valence-corrected chi connectivity index (χ3v) is 3.37. The molecule has 1 atom stereocenters. The highest BCUT2D eigenvalue weighted by molar-refractivity contribution is 5.41. The van der Waals surface area contributed by atoms with Crippen LogP contribution in [0.15, 0.2) is 18.3 Å². The van der Waals surface area contributed by atoms with E-state index in [1.165, 1.54) is 12.8 Å². The standard InChI is InChI=1S/C13H17N3O2/c1-17-11-5-6-12-14-15-13(16(12)9-11)8-10-4-2-3-7-18-10/h5-6,9-10H,2-4,7-8H2,1H3. The largest absolute Gasteiger partial charge is 0.495 e. The molecule has 2 aromatic rings. The van der Waals surface area contributed by atoms with Crippen molar-refractivity contribution in [3.63, 3.8) is 0 Å². The van der Waals surface area contributed by atoms with Gasteiger partial charge < -0.3 is 9.47 Å². The van der Waals surface area contributed by atoms with Crippen molar-refractivity contribution in [2.75, 3.05) is 13.7 Å². The summed E-state index contributed by atoms with van der Waals surface area (Å²) in [6.45, 7) is 0.866. The lowest BCUT2D eigenvalue weighted by Gasteiger charge is -2.21. The van der Waals surface area contributed by atoms with Gasteiger partial charge in [-0.3, -0.25) is 4.40 Å². The van der Waals surface area contributed by atoms with Crippen molar-refractivity contribution >= 4 is 5.65 Å². The minimum Gasteiger partial charge on any atom is -0.495 e. The molecule has 1 unspecified atom stereocenters. The highest BCUT2D eigenvalue weighted by atomic mass is 16.5. The maximum atomic E-state index is 5.74. The molecule has 3 rings (SSSR count).